The molecule has 1 heterocycles. The van der Waals surface area contributed by atoms with Crippen molar-refractivity contribution in [1.29, 1.82) is 5.41 Å². The smallest absolute Gasteiger partial charge is 0.145 e. The fourth-order valence-corrected chi connectivity index (χ4v) is 1.28. The van der Waals surface area contributed by atoms with Crippen molar-refractivity contribution >= 4 is 18.1 Å². The molecule has 1 N–H and O–H groups in total. The van der Waals surface area contributed by atoms with Crippen LogP contribution in [-0.2, 0) is 0 Å². The van der Waals surface area contributed by atoms with Gasteiger partial charge in [0, 0.05) is 0 Å². The Labute approximate surface area is 94.0 Å². The molecule has 2 rings (SSSR count). The summed E-state index contributed by atoms with van der Waals surface area (Å²) in [5.41, 5.74) is 2.10. The van der Waals surface area contributed by atoms with Crippen LogP contribution in [0.3, 0.4) is 0 Å². The van der Waals surface area contributed by atoms with E-state index < -0.39 is 0 Å². The van der Waals surface area contributed by atoms with Gasteiger partial charge < -0.3 is 9.83 Å². The first-order valence-corrected chi connectivity index (χ1v) is 4.99. The van der Waals surface area contributed by atoms with E-state index in [4.69, 9.17) is 9.83 Å². The lowest BCUT2D eigenvalue weighted by Gasteiger charge is -1.93. The molecule has 3 heteroatoms. The van der Waals surface area contributed by atoms with Crippen LogP contribution in [0.2, 0.25) is 0 Å². The molecule has 0 aliphatic rings. The lowest BCUT2D eigenvalue weighted by atomic mass is 10.2. The molecule has 0 fully saturated rings. The van der Waals surface area contributed by atoms with Gasteiger partial charge in [0.15, 0.2) is 0 Å². The molecular formula is C13H12N2O. The average molecular weight is 212 g/mol. The molecule has 3 nitrogen and oxygen atoms in total. The Hall–Kier alpha value is -2.16. The minimum absolute atomic E-state index is 0.533. The first-order chi connectivity index (χ1) is 7.78. The summed E-state index contributed by atoms with van der Waals surface area (Å²) in [6.07, 6.45) is 2.82. The highest BCUT2D eigenvalue weighted by molar-refractivity contribution is 5.81. The van der Waals surface area contributed by atoms with Crippen LogP contribution in [0.15, 0.2) is 45.8 Å². The molecular weight excluding hydrogens is 200 g/mol. The van der Waals surface area contributed by atoms with Gasteiger partial charge in [-0.3, -0.25) is 4.99 Å². The molecule has 0 saturated carbocycles. The number of nitrogens with zero attached hydrogens (tertiary/aromatic N) is 1. The van der Waals surface area contributed by atoms with Crippen molar-refractivity contribution in [2.45, 2.75) is 6.92 Å². The maximum atomic E-state index is 7.01. The molecule has 0 aliphatic carbocycles. The van der Waals surface area contributed by atoms with Gasteiger partial charge in [-0.05, 0) is 31.2 Å². The molecule has 0 spiro atoms. The van der Waals surface area contributed by atoms with E-state index in [0.29, 0.717) is 11.5 Å². The van der Waals surface area contributed by atoms with Crippen molar-refractivity contribution in [3.8, 4) is 0 Å². The first-order valence-electron chi connectivity index (χ1n) is 4.99. The fraction of sp³-hybridized carbons (Fsp3) is 0.0769. The highest BCUT2D eigenvalue weighted by Crippen LogP contribution is 2.12. The van der Waals surface area contributed by atoms with E-state index in [9.17, 15) is 0 Å². The van der Waals surface area contributed by atoms with Crippen molar-refractivity contribution in [2.75, 3.05) is 0 Å². The second kappa shape index (κ2) is 4.57. The molecule has 0 unspecified atom stereocenters. The third kappa shape index (κ3) is 2.45. The van der Waals surface area contributed by atoms with Crippen molar-refractivity contribution in [2.24, 2.45) is 4.99 Å². The Morgan fingerprint density at radius 1 is 1.06 bits per heavy atom. The summed E-state index contributed by atoms with van der Waals surface area (Å²) in [5, 5.41) is 7.01. The maximum Gasteiger partial charge on any atom is 0.145 e. The molecule has 0 saturated heterocycles. The Kier molecular flexibility index (Phi) is 2.96. The minimum Gasteiger partial charge on any atom is -0.454 e. The third-order valence-corrected chi connectivity index (χ3v) is 2.16. The number of aryl methyl sites for hydroxylation is 1. The molecule has 16 heavy (non-hydrogen) atoms. The number of hydrogen-bond donors (Lipinski definition) is 1. The van der Waals surface area contributed by atoms with Crippen molar-refractivity contribution in [3.63, 3.8) is 0 Å². The molecule has 80 valence electrons. The Balaban J connectivity index is 2.14. The second-order valence-electron chi connectivity index (χ2n) is 3.48. The van der Waals surface area contributed by atoms with Gasteiger partial charge in [0.2, 0.25) is 0 Å². The summed E-state index contributed by atoms with van der Waals surface area (Å²) in [6.45, 7) is 2.04. The van der Waals surface area contributed by atoms with Crippen LogP contribution in [0.5, 0.6) is 0 Å². The van der Waals surface area contributed by atoms with Gasteiger partial charge in [-0.25, -0.2) is 0 Å². The summed E-state index contributed by atoms with van der Waals surface area (Å²) in [7, 11) is 0. The normalized spacial score (nSPS) is 10.8. The van der Waals surface area contributed by atoms with Gasteiger partial charge in [0.25, 0.3) is 0 Å². The van der Waals surface area contributed by atoms with E-state index >= 15 is 0 Å². The van der Waals surface area contributed by atoms with Crippen LogP contribution in [0.25, 0.3) is 0 Å². The lowest BCUT2D eigenvalue weighted by Crippen LogP contribution is -1.75. The number of aliphatic imine (C=N–C) groups is 1. The van der Waals surface area contributed by atoms with Gasteiger partial charge in [-0.2, -0.15) is 0 Å². The summed E-state index contributed by atoms with van der Waals surface area (Å²) >= 11 is 0. The minimum atomic E-state index is 0.533. The van der Waals surface area contributed by atoms with Crippen LogP contribution in [0, 0.1) is 12.3 Å². The van der Waals surface area contributed by atoms with Gasteiger partial charge in [0.05, 0.1) is 18.1 Å². The summed E-state index contributed by atoms with van der Waals surface area (Å²) in [4.78, 5) is 4.27. The van der Waals surface area contributed by atoms with Crippen molar-refractivity contribution in [1.82, 2.24) is 0 Å². The number of hydrogen-bond acceptors (Lipinski definition) is 3. The summed E-state index contributed by atoms with van der Waals surface area (Å²) in [6, 6.07) is 11.5. The van der Waals surface area contributed by atoms with Crippen molar-refractivity contribution in [3.05, 3.63) is 53.5 Å². The quantitative estimate of drug-likeness (QED) is 0.779. The van der Waals surface area contributed by atoms with E-state index in [2.05, 4.69) is 4.99 Å². The van der Waals surface area contributed by atoms with Crippen LogP contribution in [0.4, 0.5) is 5.69 Å². The van der Waals surface area contributed by atoms with Gasteiger partial charge in [-0.15, -0.1) is 0 Å². The molecule has 1 aromatic heterocycles. The molecule has 1 aromatic carbocycles. The number of rotatable bonds is 3. The highest BCUT2D eigenvalue weighted by atomic mass is 16.3. The number of nitrogens with one attached hydrogen (secondary N) is 1. The zero-order valence-electron chi connectivity index (χ0n) is 8.97. The zero-order valence-corrected chi connectivity index (χ0v) is 8.97. The molecule has 0 radical (unpaired) electrons. The molecule has 0 atom stereocenters. The molecule has 2 aromatic rings. The SMILES string of the molecule is Cc1ccc(N=Cc2ccc(C=N)o2)cc1. The zero-order chi connectivity index (χ0) is 11.4. The first kappa shape index (κ1) is 10.4. The van der Waals surface area contributed by atoms with Gasteiger partial charge in [0.1, 0.15) is 11.5 Å². The van der Waals surface area contributed by atoms with Crippen LogP contribution in [-0.4, -0.2) is 12.4 Å². The molecule has 0 bridgehead atoms. The fourth-order valence-electron chi connectivity index (χ4n) is 1.28. The predicted octanol–water partition coefficient (Wildman–Crippen LogP) is 3.34. The highest BCUT2D eigenvalue weighted by Gasteiger charge is 1.95. The Bertz CT molecular complexity index is 509. The van der Waals surface area contributed by atoms with Crippen LogP contribution >= 0.6 is 0 Å². The average Bonchev–Trinajstić information content (AvgIpc) is 2.76. The van der Waals surface area contributed by atoms with Crippen molar-refractivity contribution < 1.29 is 4.42 Å². The van der Waals surface area contributed by atoms with Gasteiger partial charge in [-0.1, -0.05) is 17.7 Å². The van der Waals surface area contributed by atoms with E-state index in [1.54, 1.807) is 18.3 Å². The van der Waals surface area contributed by atoms with Crippen LogP contribution in [0.1, 0.15) is 17.1 Å². The lowest BCUT2D eigenvalue weighted by molar-refractivity contribution is 0.553. The summed E-state index contributed by atoms with van der Waals surface area (Å²) in [5.74, 6) is 1.18. The Morgan fingerprint density at radius 3 is 2.38 bits per heavy atom. The number of furan rings is 1. The van der Waals surface area contributed by atoms with E-state index in [1.807, 2.05) is 31.2 Å². The standard InChI is InChI=1S/C13H12N2O/c1-10-2-4-11(5-3-10)15-9-13-7-6-12(8-14)16-13/h2-9,14H,1H3. The maximum absolute atomic E-state index is 7.01. The monoisotopic (exact) mass is 212 g/mol. The second-order valence-corrected chi connectivity index (χ2v) is 3.48. The van der Waals surface area contributed by atoms with E-state index in [1.165, 1.54) is 11.8 Å². The predicted molar refractivity (Wildman–Crippen MR) is 65.0 cm³/mol. The van der Waals surface area contributed by atoms with Crippen LogP contribution < -0.4 is 0 Å². The van der Waals surface area contributed by atoms with Gasteiger partial charge >= 0.3 is 0 Å². The topological polar surface area (TPSA) is 49.4 Å². The largest absolute Gasteiger partial charge is 0.454 e. The van der Waals surface area contributed by atoms with E-state index in [0.717, 1.165) is 5.69 Å². The Morgan fingerprint density at radius 2 is 1.75 bits per heavy atom. The molecule has 0 aliphatic heterocycles. The molecule has 0 amide bonds. The summed E-state index contributed by atoms with van der Waals surface area (Å²) < 4.78 is 5.29. The number of benzene rings is 1. The van der Waals surface area contributed by atoms with E-state index in [-0.39, 0.29) is 0 Å². The third-order valence-electron chi connectivity index (χ3n) is 2.16.